The fourth-order valence-corrected chi connectivity index (χ4v) is 2.92. The van der Waals surface area contributed by atoms with Crippen LogP contribution in [0.25, 0.3) is 16.4 Å². The van der Waals surface area contributed by atoms with Gasteiger partial charge in [-0.25, -0.2) is 4.79 Å². The molecule has 24 heavy (non-hydrogen) atoms. The molecular formula is C15H12N6O2S. The molecular weight excluding hydrogens is 328 g/mol. The van der Waals surface area contributed by atoms with E-state index in [2.05, 4.69) is 20.6 Å². The Morgan fingerprint density at radius 2 is 2.12 bits per heavy atom. The van der Waals surface area contributed by atoms with Gasteiger partial charge < -0.3 is 4.52 Å². The molecule has 3 aromatic heterocycles. The molecule has 0 bridgehead atoms. The largest absolute Gasteiger partial charge is 0.369 e. The number of aromatic nitrogens is 6. The van der Waals surface area contributed by atoms with Gasteiger partial charge in [-0.3, -0.25) is 0 Å². The number of aryl methyl sites for hydroxylation is 1. The van der Waals surface area contributed by atoms with E-state index in [9.17, 15) is 4.79 Å². The van der Waals surface area contributed by atoms with Crippen LogP contribution in [0.15, 0.2) is 51.1 Å². The molecule has 0 atom stereocenters. The van der Waals surface area contributed by atoms with Gasteiger partial charge in [0.15, 0.2) is 0 Å². The average Bonchev–Trinajstić information content (AvgIpc) is 3.30. The molecule has 0 amide bonds. The molecule has 0 aliphatic heterocycles. The van der Waals surface area contributed by atoms with Gasteiger partial charge in [0.25, 0.3) is 0 Å². The quantitative estimate of drug-likeness (QED) is 0.563. The summed E-state index contributed by atoms with van der Waals surface area (Å²) in [5.41, 5.74) is 1.61. The molecule has 0 N–H and O–H groups in total. The zero-order valence-electron chi connectivity index (χ0n) is 12.7. The van der Waals surface area contributed by atoms with Crippen LogP contribution in [0.2, 0.25) is 0 Å². The zero-order chi connectivity index (χ0) is 16.5. The van der Waals surface area contributed by atoms with Crippen molar-refractivity contribution in [3.63, 3.8) is 0 Å². The van der Waals surface area contributed by atoms with E-state index in [4.69, 9.17) is 4.52 Å². The second kappa shape index (κ2) is 5.85. The molecule has 0 radical (unpaired) electrons. The van der Waals surface area contributed by atoms with Gasteiger partial charge in [0.2, 0.25) is 11.7 Å². The van der Waals surface area contributed by atoms with Gasteiger partial charge in [0.1, 0.15) is 11.5 Å². The number of benzene rings is 1. The molecule has 0 aliphatic rings. The fourth-order valence-electron chi connectivity index (χ4n) is 2.25. The van der Waals surface area contributed by atoms with E-state index in [-0.39, 0.29) is 12.2 Å². The maximum absolute atomic E-state index is 12.3. The molecule has 9 heteroatoms. The van der Waals surface area contributed by atoms with E-state index in [1.165, 1.54) is 20.7 Å². The second-order valence-electron chi connectivity index (χ2n) is 5.16. The van der Waals surface area contributed by atoms with Gasteiger partial charge in [-0.2, -0.15) is 14.3 Å². The van der Waals surface area contributed by atoms with Crippen LogP contribution >= 0.6 is 11.3 Å². The van der Waals surface area contributed by atoms with Crippen molar-refractivity contribution < 1.29 is 4.52 Å². The van der Waals surface area contributed by atoms with E-state index in [0.717, 1.165) is 11.1 Å². The molecule has 0 spiro atoms. The van der Waals surface area contributed by atoms with E-state index >= 15 is 0 Å². The first kappa shape index (κ1) is 14.5. The molecule has 0 saturated heterocycles. The topological polar surface area (TPSA) is 91.6 Å². The van der Waals surface area contributed by atoms with Crippen LogP contribution in [0.3, 0.4) is 0 Å². The van der Waals surface area contributed by atoms with Crippen molar-refractivity contribution in [2.75, 3.05) is 0 Å². The summed E-state index contributed by atoms with van der Waals surface area (Å²) in [4.78, 5) is 16.6. The lowest BCUT2D eigenvalue weighted by Crippen LogP contribution is -2.24. The normalized spacial score (nSPS) is 11.0. The highest BCUT2D eigenvalue weighted by Gasteiger charge is 2.14. The Morgan fingerprint density at radius 3 is 2.92 bits per heavy atom. The van der Waals surface area contributed by atoms with Crippen LogP contribution < -0.4 is 5.69 Å². The monoisotopic (exact) mass is 340 g/mol. The highest BCUT2D eigenvalue weighted by Crippen LogP contribution is 2.17. The van der Waals surface area contributed by atoms with Crippen LogP contribution in [0.5, 0.6) is 0 Å². The third-order valence-corrected chi connectivity index (χ3v) is 4.23. The first-order valence-corrected chi connectivity index (χ1v) is 8.05. The Hall–Kier alpha value is -3.07. The van der Waals surface area contributed by atoms with Crippen molar-refractivity contribution in [3.8, 4) is 16.4 Å². The summed E-state index contributed by atoms with van der Waals surface area (Å²) in [6.45, 7) is 2.07. The maximum Gasteiger partial charge on any atom is 0.369 e. The summed E-state index contributed by atoms with van der Waals surface area (Å²) >= 11 is 1.41. The molecule has 3 heterocycles. The van der Waals surface area contributed by atoms with Crippen molar-refractivity contribution >= 4 is 11.3 Å². The molecule has 0 unspecified atom stereocenters. The summed E-state index contributed by atoms with van der Waals surface area (Å²) in [6, 6.07) is 11.4. The molecule has 4 aromatic rings. The van der Waals surface area contributed by atoms with Gasteiger partial charge in [-0.1, -0.05) is 28.9 Å². The Balaban J connectivity index is 1.60. The number of nitrogens with zero attached hydrogens (tertiary/aromatic N) is 6. The summed E-state index contributed by atoms with van der Waals surface area (Å²) < 4.78 is 7.65. The molecule has 8 nitrogen and oxygen atoms in total. The van der Waals surface area contributed by atoms with Gasteiger partial charge in [-0.15, -0.1) is 11.3 Å². The lowest BCUT2D eigenvalue weighted by atomic mass is 10.1. The van der Waals surface area contributed by atoms with E-state index in [0.29, 0.717) is 16.7 Å². The summed E-state index contributed by atoms with van der Waals surface area (Å²) in [5.74, 6) is 0.777. The van der Waals surface area contributed by atoms with Crippen LogP contribution in [0.4, 0.5) is 0 Å². The average molecular weight is 340 g/mol. The van der Waals surface area contributed by atoms with Crippen molar-refractivity contribution in [2.45, 2.75) is 13.5 Å². The van der Waals surface area contributed by atoms with Crippen molar-refractivity contribution in [2.24, 2.45) is 0 Å². The Kier molecular flexibility index (Phi) is 3.54. The van der Waals surface area contributed by atoms with E-state index in [1.54, 1.807) is 6.07 Å². The highest BCUT2D eigenvalue weighted by molar-refractivity contribution is 7.12. The maximum atomic E-state index is 12.3. The van der Waals surface area contributed by atoms with Crippen LogP contribution in [-0.2, 0) is 6.54 Å². The highest BCUT2D eigenvalue weighted by atomic mass is 32.1. The van der Waals surface area contributed by atoms with Crippen molar-refractivity contribution in [1.82, 2.24) is 29.9 Å². The van der Waals surface area contributed by atoms with Gasteiger partial charge in [-0.05, 0) is 40.9 Å². The third kappa shape index (κ3) is 2.65. The zero-order valence-corrected chi connectivity index (χ0v) is 13.5. The first-order chi connectivity index (χ1) is 11.7. The van der Waals surface area contributed by atoms with Crippen LogP contribution in [0.1, 0.15) is 11.5 Å². The second-order valence-corrected chi connectivity index (χ2v) is 6.09. The lowest BCUT2D eigenvalue weighted by Gasteiger charge is -1.95. The van der Waals surface area contributed by atoms with E-state index in [1.807, 2.05) is 42.6 Å². The van der Waals surface area contributed by atoms with E-state index < -0.39 is 0 Å². The van der Waals surface area contributed by atoms with Gasteiger partial charge in [0.05, 0.1) is 0 Å². The molecule has 0 saturated carbocycles. The lowest BCUT2D eigenvalue weighted by molar-refractivity contribution is 0.363. The van der Waals surface area contributed by atoms with Gasteiger partial charge in [0, 0.05) is 5.56 Å². The summed E-state index contributed by atoms with van der Waals surface area (Å²) in [6.07, 6.45) is 0. The molecule has 120 valence electrons. The molecule has 1 aromatic carbocycles. The molecule has 4 rings (SSSR count). The minimum Gasteiger partial charge on any atom is -0.337 e. The summed E-state index contributed by atoms with van der Waals surface area (Å²) in [7, 11) is 0. The van der Waals surface area contributed by atoms with Crippen molar-refractivity contribution in [3.05, 3.63) is 63.7 Å². The molecule has 0 fully saturated rings. The fraction of sp³-hybridized carbons (Fsp3) is 0.133. The number of tetrazole rings is 1. The van der Waals surface area contributed by atoms with Crippen molar-refractivity contribution in [1.29, 1.82) is 0 Å². The predicted molar refractivity (Wildman–Crippen MR) is 87.1 cm³/mol. The van der Waals surface area contributed by atoms with Crippen LogP contribution in [0, 0.1) is 6.92 Å². The number of rotatable bonds is 4. The number of hydrogen-bond donors (Lipinski definition) is 0. The minimum absolute atomic E-state index is 0.0724. The van der Waals surface area contributed by atoms with Crippen LogP contribution in [-0.4, -0.2) is 29.9 Å². The Labute approximate surface area is 140 Å². The van der Waals surface area contributed by atoms with Gasteiger partial charge >= 0.3 is 5.69 Å². The number of thiophene rings is 1. The molecule has 0 aliphatic carbocycles. The standard InChI is InChI=1S/C15H12N6O2S/c1-10-4-2-5-11(8-10)14-16-12(23-17-14)9-20-15(22)21(19-18-20)13-6-3-7-24-13/h2-8H,9H2,1H3. The predicted octanol–water partition coefficient (Wildman–Crippen LogP) is 1.90. The SMILES string of the molecule is Cc1cccc(-c2noc(Cn3nnn(-c4cccs4)c3=O)n2)c1. The number of hydrogen-bond acceptors (Lipinski definition) is 7. The summed E-state index contributed by atoms with van der Waals surface area (Å²) in [5, 5.41) is 14.3. The Bertz CT molecular complexity index is 1030. The third-order valence-electron chi connectivity index (χ3n) is 3.38. The Morgan fingerprint density at radius 1 is 1.21 bits per heavy atom. The minimum atomic E-state index is -0.354. The smallest absolute Gasteiger partial charge is 0.337 e. The first-order valence-electron chi connectivity index (χ1n) is 7.17.